The summed E-state index contributed by atoms with van der Waals surface area (Å²) in [6.07, 6.45) is 6.09. The first-order valence-electron chi connectivity index (χ1n) is 7.55. The Morgan fingerprint density at radius 2 is 2.26 bits per heavy atom. The molecular weight excluding hydrogens is 314 g/mol. The summed E-state index contributed by atoms with van der Waals surface area (Å²) in [6, 6.07) is 8.23. The lowest BCUT2D eigenvalue weighted by molar-refractivity contribution is 0.411. The van der Waals surface area contributed by atoms with Gasteiger partial charge >= 0.3 is 6.01 Å². The molecular formula is C16H16ClN5O. The number of aromatic nitrogens is 4. The van der Waals surface area contributed by atoms with Crippen LogP contribution < -0.4 is 4.90 Å². The zero-order valence-corrected chi connectivity index (χ0v) is 13.4. The van der Waals surface area contributed by atoms with Crippen LogP contribution in [-0.2, 0) is 7.05 Å². The maximum absolute atomic E-state index is 6.03. The van der Waals surface area contributed by atoms with Crippen LogP contribution >= 0.6 is 11.6 Å². The largest absolute Gasteiger partial charge is 0.324 e. The second-order valence-electron chi connectivity index (χ2n) is 5.71. The zero-order valence-electron chi connectivity index (χ0n) is 12.7. The smallest absolute Gasteiger partial charge is 0.317 e. The van der Waals surface area contributed by atoms with Crippen LogP contribution in [0.5, 0.6) is 0 Å². The van der Waals surface area contributed by atoms with Crippen molar-refractivity contribution in [2.45, 2.75) is 18.9 Å². The highest BCUT2D eigenvalue weighted by atomic mass is 35.5. The predicted molar refractivity (Wildman–Crippen MR) is 87.3 cm³/mol. The summed E-state index contributed by atoms with van der Waals surface area (Å²) in [5.74, 6) is 0.555. The summed E-state index contributed by atoms with van der Waals surface area (Å²) in [6.45, 7) is 0.900. The lowest BCUT2D eigenvalue weighted by Gasteiger charge is -2.20. The minimum atomic E-state index is 0.233. The summed E-state index contributed by atoms with van der Waals surface area (Å²) >= 11 is 6.03. The molecule has 118 valence electrons. The number of anilines is 1. The topological polar surface area (TPSA) is 60.0 Å². The number of hydrogen-bond donors (Lipinski definition) is 0. The van der Waals surface area contributed by atoms with E-state index in [1.165, 1.54) is 5.56 Å². The van der Waals surface area contributed by atoms with Gasteiger partial charge in [0.15, 0.2) is 0 Å². The molecule has 1 aliphatic rings. The van der Waals surface area contributed by atoms with Gasteiger partial charge in [-0.2, -0.15) is 10.1 Å². The van der Waals surface area contributed by atoms with E-state index in [9.17, 15) is 0 Å². The van der Waals surface area contributed by atoms with Crippen LogP contribution in [0.2, 0.25) is 5.02 Å². The predicted octanol–water partition coefficient (Wildman–Crippen LogP) is 3.47. The summed E-state index contributed by atoms with van der Waals surface area (Å²) in [5.41, 5.74) is 2.03. The molecule has 0 amide bonds. The average Bonchev–Trinajstić information content (AvgIpc) is 3.26. The van der Waals surface area contributed by atoms with Crippen LogP contribution in [0, 0.1) is 0 Å². The molecule has 0 aliphatic carbocycles. The minimum absolute atomic E-state index is 0.233. The van der Waals surface area contributed by atoms with Crippen molar-refractivity contribution >= 4 is 17.6 Å². The average molecular weight is 330 g/mol. The van der Waals surface area contributed by atoms with E-state index in [1.807, 2.05) is 48.4 Å². The Kier molecular flexibility index (Phi) is 3.53. The lowest BCUT2D eigenvalue weighted by atomic mass is 10.1. The van der Waals surface area contributed by atoms with Gasteiger partial charge in [0.2, 0.25) is 5.82 Å². The summed E-state index contributed by atoms with van der Waals surface area (Å²) in [4.78, 5) is 6.70. The van der Waals surface area contributed by atoms with Gasteiger partial charge in [0, 0.05) is 35.9 Å². The molecule has 23 heavy (non-hydrogen) atoms. The molecule has 1 atom stereocenters. The van der Waals surface area contributed by atoms with Gasteiger partial charge in [0.05, 0.1) is 12.2 Å². The molecule has 1 aromatic carbocycles. The molecule has 0 radical (unpaired) electrons. The van der Waals surface area contributed by atoms with Crippen molar-refractivity contribution in [2.75, 3.05) is 11.4 Å². The molecule has 0 bridgehead atoms. The van der Waals surface area contributed by atoms with E-state index in [1.54, 1.807) is 0 Å². The van der Waals surface area contributed by atoms with Gasteiger partial charge in [-0.3, -0.25) is 4.68 Å². The standard InChI is InChI=1S/C16H16ClN5O/c1-21-10-12(9-18-21)14-6-3-7-22(14)16-19-15(20-23-16)11-4-2-5-13(17)8-11/h2,4-5,8-10,14H,3,6-7H2,1H3. The van der Waals surface area contributed by atoms with Gasteiger partial charge < -0.3 is 9.42 Å². The second-order valence-corrected chi connectivity index (χ2v) is 6.15. The molecule has 2 aromatic heterocycles. The van der Waals surface area contributed by atoms with Crippen molar-refractivity contribution in [3.8, 4) is 11.4 Å². The Balaban J connectivity index is 1.63. The first-order valence-corrected chi connectivity index (χ1v) is 7.93. The van der Waals surface area contributed by atoms with E-state index < -0.39 is 0 Å². The quantitative estimate of drug-likeness (QED) is 0.736. The molecule has 0 saturated carbocycles. The van der Waals surface area contributed by atoms with E-state index in [4.69, 9.17) is 16.1 Å². The Morgan fingerprint density at radius 1 is 1.35 bits per heavy atom. The van der Waals surface area contributed by atoms with Crippen LogP contribution in [0.15, 0.2) is 41.2 Å². The van der Waals surface area contributed by atoms with Crippen molar-refractivity contribution in [2.24, 2.45) is 7.05 Å². The highest BCUT2D eigenvalue weighted by molar-refractivity contribution is 6.30. The molecule has 6 nitrogen and oxygen atoms in total. The summed E-state index contributed by atoms with van der Waals surface area (Å²) in [5, 5.41) is 9.01. The second kappa shape index (κ2) is 5.70. The maximum Gasteiger partial charge on any atom is 0.324 e. The molecule has 1 unspecified atom stereocenters. The van der Waals surface area contributed by atoms with Crippen molar-refractivity contribution in [1.29, 1.82) is 0 Å². The first kappa shape index (κ1) is 14.3. The number of halogens is 1. The molecule has 1 saturated heterocycles. The van der Waals surface area contributed by atoms with Crippen LogP contribution in [0.1, 0.15) is 24.4 Å². The van der Waals surface area contributed by atoms with Gasteiger partial charge in [-0.1, -0.05) is 28.9 Å². The third-order valence-electron chi connectivity index (χ3n) is 4.11. The highest BCUT2D eigenvalue weighted by Gasteiger charge is 2.31. The molecule has 4 rings (SSSR count). The normalized spacial score (nSPS) is 17.8. The zero-order chi connectivity index (χ0) is 15.8. The van der Waals surface area contributed by atoms with Crippen LogP contribution in [0.25, 0.3) is 11.4 Å². The van der Waals surface area contributed by atoms with Crippen molar-refractivity contribution in [3.63, 3.8) is 0 Å². The van der Waals surface area contributed by atoms with E-state index in [0.29, 0.717) is 16.9 Å². The molecule has 7 heteroatoms. The van der Waals surface area contributed by atoms with Gasteiger partial charge in [0.25, 0.3) is 0 Å². The van der Waals surface area contributed by atoms with E-state index in [0.717, 1.165) is 24.9 Å². The Morgan fingerprint density at radius 3 is 3.04 bits per heavy atom. The van der Waals surface area contributed by atoms with Crippen LogP contribution in [0.3, 0.4) is 0 Å². The molecule has 3 heterocycles. The summed E-state index contributed by atoms with van der Waals surface area (Å²) in [7, 11) is 1.92. The number of hydrogen-bond acceptors (Lipinski definition) is 5. The van der Waals surface area contributed by atoms with Gasteiger partial charge in [0.1, 0.15) is 0 Å². The van der Waals surface area contributed by atoms with E-state index >= 15 is 0 Å². The first-order chi connectivity index (χ1) is 11.2. The third kappa shape index (κ3) is 2.70. The van der Waals surface area contributed by atoms with Crippen molar-refractivity contribution in [1.82, 2.24) is 19.9 Å². The van der Waals surface area contributed by atoms with Gasteiger partial charge in [-0.25, -0.2) is 0 Å². The number of benzene rings is 1. The molecule has 0 N–H and O–H groups in total. The third-order valence-corrected chi connectivity index (χ3v) is 4.34. The van der Waals surface area contributed by atoms with Crippen LogP contribution in [-0.4, -0.2) is 26.5 Å². The fourth-order valence-corrected chi connectivity index (χ4v) is 3.22. The van der Waals surface area contributed by atoms with Crippen molar-refractivity contribution < 1.29 is 4.52 Å². The van der Waals surface area contributed by atoms with Crippen LogP contribution in [0.4, 0.5) is 6.01 Å². The number of rotatable bonds is 3. The summed E-state index contributed by atoms with van der Waals surface area (Å²) < 4.78 is 7.31. The van der Waals surface area contributed by atoms with Gasteiger partial charge in [-0.15, -0.1) is 0 Å². The lowest BCUT2D eigenvalue weighted by Crippen LogP contribution is -2.22. The Labute approximate surface area is 138 Å². The fraction of sp³-hybridized carbons (Fsp3) is 0.312. The Hall–Kier alpha value is -2.34. The molecule has 1 fully saturated rings. The molecule has 1 aliphatic heterocycles. The number of aryl methyl sites for hydroxylation is 1. The molecule has 0 spiro atoms. The highest BCUT2D eigenvalue weighted by Crippen LogP contribution is 2.35. The minimum Gasteiger partial charge on any atom is -0.317 e. The molecule has 3 aromatic rings. The van der Waals surface area contributed by atoms with E-state index in [2.05, 4.69) is 20.1 Å². The number of nitrogens with zero attached hydrogens (tertiary/aromatic N) is 5. The SMILES string of the molecule is Cn1cc(C2CCCN2c2nc(-c3cccc(Cl)c3)no2)cn1. The monoisotopic (exact) mass is 329 g/mol. The van der Waals surface area contributed by atoms with E-state index in [-0.39, 0.29) is 6.04 Å². The van der Waals surface area contributed by atoms with Gasteiger partial charge in [-0.05, 0) is 25.0 Å². The Bertz CT molecular complexity index is 827. The maximum atomic E-state index is 6.03. The van der Waals surface area contributed by atoms with Crippen molar-refractivity contribution in [3.05, 3.63) is 47.2 Å². The fourth-order valence-electron chi connectivity index (χ4n) is 3.03.